The maximum Gasteiger partial charge on any atom is 0.0579 e. The standard InChI is InChI=1S/C12H19ClO/c13-11-4-1-3-10(9-11)6-7-12-5-2-8-14-12/h9,11-12H,1-8H2. The fraction of sp³-hybridized carbons (Fsp3) is 0.833. The third-order valence-corrected chi connectivity index (χ3v) is 3.55. The molecule has 0 saturated carbocycles. The number of hydrogen-bond acceptors (Lipinski definition) is 1. The first-order valence-corrected chi connectivity index (χ1v) is 6.23. The van der Waals surface area contributed by atoms with Crippen LogP contribution < -0.4 is 0 Å². The molecule has 1 heterocycles. The lowest BCUT2D eigenvalue weighted by atomic mass is 9.94. The summed E-state index contributed by atoms with van der Waals surface area (Å²) in [5.74, 6) is 0. The molecule has 0 spiro atoms. The summed E-state index contributed by atoms with van der Waals surface area (Å²) in [5, 5.41) is 0.295. The number of halogens is 1. The lowest BCUT2D eigenvalue weighted by Gasteiger charge is -2.17. The third-order valence-electron chi connectivity index (χ3n) is 3.21. The van der Waals surface area contributed by atoms with Crippen LogP contribution in [0.4, 0.5) is 0 Å². The van der Waals surface area contributed by atoms with Crippen LogP contribution in [0.3, 0.4) is 0 Å². The van der Waals surface area contributed by atoms with E-state index in [1.54, 1.807) is 5.57 Å². The zero-order valence-corrected chi connectivity index (χ0v) is 9.43. The van der Waals surface area contributed by atoms with Gasteiger partial charge in [-0.15, -0.1) is 11.6 Å². The number of allylic oxidation sites excluding steroid dienone is 2. The van der Waals surface area contributed by atoms with Crippen molar-refractivity contribution in [2.45, 2.75) is 56.4 Å². The summed E-state index contributed by atoms with van der Waals surface area (Å²) < 4.78 is 5.61. The summed E-state index contributed by atoms with van der Waals surface area (Å²) >= 11 is 6.10. The number of hydrogen-bond donors (Lipinski definition) is 0. The molecule has 2 rings (SSSR count). The predicted octanol–water partition coefficient (Wildman–Crippen LogP) is 3.66. The maximum absolute atomic E-state index is 6.10. The van der Waals surface area contributed by atoms with Crippen LogP contribution >= 0.6 is 11.6 Å². The topological polar surface area (TPSA) is 9.23 Å². The van der Waals surface area contributed by atoms with Crippen LogP contribution in [0.5, 0.6) is 0 Å². The van der Waals surface area contributed by atoms with Gasteiger partial charge in [0.1, 0.15) is 0 Å². The van der Waals surface area contributed by atoms with E-state index < -0.39 is 0 Å². The second-order valence-electron chi connectivity index (χ2n) is 4.41. The Hall–Kier alpha value is -0.0100. The van der Waals surface area contributed by atoms with Gasteiger partial charge < -0.3 is 4.74 Å². The minimum absolute atomic E-state index is 0.295. The molecular formula is C12H19ClO. The predicted molar refractivity (Wildman–Crippen MR) is 59.8 cm³/mol. The fourth-order valence-corrected chi connectivity index (χ4v) is 2.71. The molecule has 0 aromatic rings. The average Bonchev–Trinajstić information content (AvgIpc) is 2.67. The van der Waals surface area contributed by atoms with Crippen molar-refractivity contribution in [3.8, 4) is 0 Å². The van der Waals surface area contributed by atoms with Gasteiger partial charge in [-0.2, -0.15) is 0 Å². The Bertz CT molecular complexity index is 206. The second kappa shape index (κ2) is 5.18. The van der Waals surface area contributed by atoms with Gasteiger partial charge in [0.05, 0.1) is 11.5 Å². The Morgan fingerprint density at radius 2 is 2.29 bits per heavy atom. The van der Waals surface area contributed by atoms with Crippen molar-refractivity contribution in [1.82, 2.24) is 0 Å². The molecule has 2 atom stereocenters. The van der Waals surface area contributed by atoms with E-state index in [0.717, 1.165) is 13.0 Å². The van der Waals surface area contributed by atoms with Crippen LogP contribution in [-0.4, -0.2) is 18.1 Å². The minimum Gasteiger partial charge on any atom is -0.378 e. The van der Waals surface area contributed by atoms with Crippen molar-refractivity contribution in [2.75, 3.05) is 6.61 Å². The molecule has 1 aliphatic heterocycles. The van der Waals surface area contributed by atoms with Crippen molar-refractivity contribution in [3.63, 3.8) is 0 Å². The molecular weight excluding hydrogens is 196 g/mol. The van der Waals surface area contributed by atoms with E-state index in [-0.39, 0.29) is 0 Å². The molecule has 80 valence electrons. The Balaban J connectivity index is 1.73. The van der Waals surface area contributed by atoms with E-state index in [9.17, 15) is 0 Å². The molecule has 1 saturated heterocycles. The van der Waals surface area contributed by atoms with E-state index in [2.05, 4.69) is 6.08 Å². The Morgan fingerprint density at radius 3 is 3.00 bits per heavy atom. The van der Waals surface area contributed by atoms with Crippen LogP contribution in [0.2, 0.25) is 0 Å². The molecule has 2 aliphatic rings. The molecule has 1 fully saturated rings. The first kappa shape index (κ1) is 10.5. The van der Waals surface area contributed by atoms with Gasteiger partial charge in [0.15, 0.2) is 0 Å². The van der Waals surface area contributed by atoms with E-state index in [4.69, 9.17) is 16.3 Å². The fourth-order valence-electron chi connectivity index (χ4n) is 2.37. The van der Waals surface area contributed by atoms with Crippen molar-refractivity contribution in [3.05, 3.63) is 11.6 Å². The largest absolute Gasteiger partial charge is 0.378 e. The van der Waals surface area contributed by atoms with Gasteiger partial charge in [0.25, 0.3) is 0 Å². The van der Waals surface area contributed by atoms with Crippen molar-refractivity contribution >= 4 is 11.6 Å². The highest BCUT2D eigenvalue weighted by Crippen LogP contribution is 2.27. The highest BCUT2D eigenvalue weighted by Gasteiger charge is 2.17. The summed E-state index contributed by atoms with van der Waals surface area (Å²) in [6, 6.07) is 0. The zero-order valence-electron chi connectivity index (χ0n) is 8.68. The SMILES string of the molecule is ClC1C=C(CCC2CCCO2)CCC1. The number of ether oxygens (including phenoxy) is 1. The van der Waals surface area contributed by atoms with Crippen LogP contribution in [-0.2, 0) is 4.74 Å². The zero-order chi connectivity index (χ0) is 9.80. The number of alkyl halides is 1. The molecule has 0 bridgehead atoms. The summed E-state index contributed by atoms with van der Waals surface area (Å²) in [7, 11) is 0. The monoisotopic (exact) mass is 214 g/mol. The van der Waals surface area contributed by atoms with E-state index in [1.807, 2.05) is 0 Å². The van der Waals surface area contributed by atoms with Crippen molar-refractivity contribution < 1.29 is 4.74 Å². The third kappa shape index (κ3) is 2.99. The highest BCUT2D eigenvalue weighted by molar-refractivity contribution is 6.21. The Morgan fingerprint density at radius 1 is 1.36 bits per heavy atom. The van der Waals surface area contributed by atoms with Crippen LogP contribution in [0.1, 0.15) is 44.9 Å². The molecule has 0 radical (unpaired) electrons. The van der Waals surface area contributed by atoms with Gasteiger partial charge >= 0.3 is 0 Å². The van der Waals surface area contributed by atoms with Crippen LogP contribution in [0, 0.1) is 0 Å². The lowest BCUT2D eigenvalue weighted by Crippen LogP contribution is -2.08. The summed E-state index contributed by atoms with van der Waals surface area (Å²) in [6.07, 6.45) is 11.4. The summed E-state index contributed by atoms with van der Waals surface area (Å²) in [6.45, 7) is 0.974. The van der Waals surface area contributed by atoms with Crippen LogP contribution in [0.15, 0.2) is 11.6 Å². The van der Waals surface area contributed by atoms with Gasteiger partial charge in [0.2, 0.25) is 0 Å². The van der Waals surface area contributed by atoms with Crippen molar-refractivity contribution in [2.24, 2.45) is 0 Å². The minimum atomic E-state index is 0.295. The van der Waals surface area contributed by atoms with Gasteiger partial charge in [-0.25, -0.2) is 0 Å². The first-order chi connectivity index (χ1) is 6.84. The van der Waals surface area contributed by atoms with Gasteiger partial charge in [0, 0.05) is 6.61 Å². The lowest BCUT2D eigenvalue weighted by molar-refractivity contribution is 0.104. The maximum atomic E-state index is 6.10. The number of rotatable bonds is 3. The second-order valence-corrected chi connectivity index (χ2v) is 4.97. The van der Waals surface area contributed by atoms with E-state index in [1.165, 1.54) is 38.5 Å². The quantitative estimate of drug-likeness (QED) is 0.515. The smallest absolute Gasteiger partial charge is 0.0579 e. The molecule has 1 aliphatic carbocycles. The summed E-state index contributed by atoms with van der Waals surface area (Å²) in [5.41, 5.74) is 1.56. The molecule has 14 heavy (non-hydrogen) atoms. The molecule has 0 amide bonds. The molecule has 1 nitrogen and oxygen atoms in total. The Labute approximate surface area is 91.5 Å². The van der Waals surface area contributed by atoms with Crippen molar-refractivity contribution in [1.29, 1.82) is 0 Å². The Kier molecular flexibility index (Phi) is 3.89. The normalized spacial score (nSPS) is 33.1. The van der Waals surface area contributed by atoms with Gasteiger partial charge in [-0.3, -0.25) is 0 Å². The summed E-state index contributed by atoms with van der Waals surface area (Å²) in [4.78, 5) is 0. The molecule has 0 N–H and O–H groups in total. The highest BCUT2D eigenvalue weighted by atomic mass is 35.5. The van der Waals surface area contributed by atoms with E-state index in [0.29, 0.717) is 11.5 Å². The average molecular weight is 215 g/mol. The first-order valence-electron chi connectivity index (χ1n) is 5.80. The molecule has 2 unspecified atom stereocenters. The molecule has 0 aromatic carbocycles. The molecule has 0 aromatic heterocycles. The van der Waals surface area contributed by atoms with Crippen LogP contribution in [0.25, 0.3) is 0 Å². The van der Waals surface area contributed by atoms with E-state index >= 15 is 0 Å². The van der Waals surface area contributed by atoms with Gasteiger partial charge in [-0.1, -0.05) is 11.6 Å². The molecule has 2 heteroatoms. The van der Waals surface area contributed by atoms with Gasteiger partial charge in [-0.05, 0) is 44.9 Å².